The first kappa shape index (κ1) is 18.2. The lowest BCUT2D eigenvalue weighted by Crippen LogP contribution is -2.80. The number of nitrogens with two attached hydrogens (primary N) is 1. The van der Waals surface area contributed by atoms with Gasteiger partial charge in [-0.2, -0.15) is 0 Å². The van der Waals surface area contributed by atoms with Crippen molar-refractivity contribution in [2.75, 3.05) is 7.11 Å². The monoisotopic (exact) mass is 369 g/mol. The number of pyridine rings is 1. The maximum Gasteiger partial charge on any atom is 0.161 e. The first-order chi connectivity index (χ1) is 12.7. The Morgan fingerprint density at radius 1 is 0.923 bits per heavy atom. The van der Waals surface area contributed by atoms with E-state index in [1.165, 1.54) is 11.1 Å². The molecule has 0 bridgehead atoms. The normalized spacial score (nSPS) is 10.5. The largest absolute Gasteiger partial charge is 0.493 e. The van der Waals surface area contributed by atoms with Crippen molar-refractivity contribution < 1.29 is 14.8 Å². The Kier molecular flexibility index (Phi) is 6.47. The van der Waals surface area contributed by atoms with Crippen LogP contribution in [0.25, 0.3) is 0 Å². The van der Waals surface area contributed by atoms with Crippen LogP contribution in [0.4, 0.5) is 0 Å². The van der Waals surface area contributed by atoms with Crippen molar-refractivity contribution in [2.24, 2.45) is 0 Å². The van der Waals surface area contributed by atoms with Gasteiger partial charge in [-0.25, -0.2) is 0 Å². The molecule has 5 heteroatoms. The average Bonchev–Trinajstić information content (AvgIpc) is 2.69. The number of quaternary nitrogens is 1. The number of benzene rings is 2. The van der Waals surface area contributed by atoms with Gasteiger partial charge >= 0.3 is 0 Å². The van der Waals surface area contributed by atoms with Crippen LogP contribution in [0.3, 0.4) is 0 Å². The number of rotatable bonds is 8. The number of hydrogen-bond acceptors (Lipinski definition) is 3. The molecule has 0 saturated carbocycles. The van der Waals surface area contributed by atoms with Gasteiger partial charge in [0.2, 0.25) is 0 Å². The van der Waals surface area contributed by atoms with Gasteiger partial charge in [0.05, 0.1) is 7.11 Å². The van der Waals surface area contributed by atoms with E-state index in [0.717, 1.165) is 35.2 Å². The maximum absolute atomic E-state index is 5.91. The summed E-state index contributed by atoms with van der Waals surface area (Å²) in [7, 11) is 1.66. The fourth-order valence-corrected chi connectivity index (χ4v) is 2.75. The van der Waals surface area contributed by atoms with Crippen LogP contribution in [0.5, 0.6) is 11.5 Å². The van der Waals surface area contributed by atoms with Crippen LogP contribution in [0, 0.1) is 0 Å². The molecule has 1 heterocycles. The second-order valence-electron chi connectivity index (χ2n) is 5.96. The third-order valence-corrected chi connectivity index (χ3v) is 4.27. The van der Waals surface area contributed by atoms with Crippen molar-refractivity contribution in [3.63, 3.8) is 0 Å². The molecular formula is C21H22ClN2O2+. The minimum absolute atomic E-state index is 0.472. The van der Waals surface area contributed by atoms with Crippen molar-refractivity contribution in [1.82, 2.24) is 4.98 Å². The maximum atomic E-state index is 5.91. The first-order valence-electron chi connectivity index (χ1n) is 8.49. The minimum Gasteiger partial charge on any atom is -0.493 e. The van der Waals surface area contributed by atoms with E-state index in [2.05, 4.69) is 22.4 Å². The quantitative estimate of drug-likeness (QED) is 0.660. The Morgan fingerprint density at radius 3 is 2.42 bits per heavy atom. The van der Waals surface area contributed by atoms with Gasteiger partial charge in [0, 0.05) is 28.5 Å². The summed E-state index contributed by atoms with van der Waals surface area (Å²) in [5, 5.41) is 2.96. The van der Waals surface area contributed by atoms with Crippen LogP contribution in [0.15, 0.2) is 67.0 Å². The Morgan fingerprint density at radius 2 is 1.69 bits per heavy atom. The smallest absolute Gasteiger partial charge is 0.161 e. The van der Waals surface area contributed by atoms with Gasteiger partial charge in [-0.15, -0.1) is 0 Å². The lowest BCUT2D eigenvalue weighted by atomic mass is 10.2. The van der Waals surface area contributed by atoms with Crippen molar-refractivity contribution in [2.45, 2.75) is 19.7 Å². The molecule has 3 rings (SSSR count). The molecule has 3 aromatic rings. The van der Waals surface area contributed by atoms with E-state index in [-0.39, 0.29) is 0 Å². The zero-order chi connectivity index (χ0) is 18.2. The number of nitrogens with zero attached hydrogens (tertiary/aromatic N) is 1. The molecule has 0 atom stereocenters. The highest BCUT2D eigenvalue weighted by Gasteiger charge is 2.07. The summed E-state index contributed by atoms with van der Waals surface area (Å²) in [4.78, 5) is 4.14. The zero-order valence-electron chi connectivity index (χ0n) is 14.7. The van der Waals surface area contributed by atoms with Crippen LogP contribution in [-0.4, -0.2) is 12.1 Å². The van der Waals surface area contributed by atoms with Gasteiger partial charge in [0.15, 0.2) is 11.5 Å². The highest BCUT2D eigenvalue weighted by atomic mass is 35.5. The fraction of sp³-hybridized carbons (Fsp3) is 0.190. The average molecular weight is 370 g/mol. The molecule has 1 aromatic heterocycles. The van der Waals surface area contributed by atoms with Gasteiger partial charge in [-0.05, 0) is 42.0 Å². The third-order valence-electron chi connectivity index (χ3n) is 4.02. The SMILES string of the molecule is COc1cc(C[NH2+]Cc2cccnc2)ccc1OCc1ccc(Cl)cc1. The van der Waals surface area contributed by atoms with Crippen LogP contribution in [-0.2, 0) is 19.7 Å². The van der Waals surface area contributed by atoms with E-state index >= 15 is 0 Å². The summed E-state index contributed by atoms with van der Waals surface area (Å²) in [6, 6.07) is 17.7. The fourth-order valence-electron chi connectivity index (χ4n) is 2.62. The van der Waals surface area contributed by atoms with Crippen LogP contribution < -0.4 is 14.8 Å². The Balaban J connectivity index is 1.57. The van der Waals surface area contributed by atoms with Gasteiger partial charge in [-0.3, -0.25) is 4.98 Å². The molecule has 0 spiro atoms. The Hall–Kier alpha value is -2.56. The van der Waals surface area contributed by atoms with Gasteiger partial charge in [0.25, 0.3) is 0 Å². The predicted molar refractivity (Wildman–Crippen MR) is 102 cm³/mol. The van der Waals surface area contributed by atoms with E-state index in [0.29, 0.717) is 6.61 Å². The number of hydrogen-bond donors (Lipinski definition) is 1. The van der Waals surface area contributed by atoms with E-state index in [1.54, 1.807) is 13.3 Å². The highest BCUT2D eigenvalue weighted by Crippen LogP contribution is 2.28. The molecular weight excluding hydrogens is 348 g/mol. The van der Waals surface area contributed by atoms with Crippen molar-refractivity contribution in [1.29, 1.82) is 0 Å². The minimum atomic E-state index is 0.472. The van der Waals surface area contributed by atoms with E-state index in [1.807, 2.05) is 48.7 Å². The molecule has 0 amide bonds. The Bertz CT molecular complexity index is 823. The van der Waals surface area contributed by atoms with Crippen molar-refractivity contribution in [3.8, 4) is 11.5 Å². The summed E-state index contributed by atoms with van der Waals surface area (Å²) in [5.74, 6) is 1.48. The number of methoxy groups -OCH3 is 1. The summed E-state index contributed by atoms with van der Waals surface area (Å²) in [6.07, 6.45) is 3.68. The number of aromatic nitrogens is 1. The summed E-state index contributed by atoms with van der Waals surface area (Å²) < 4.78 is 11.4. The molecule has 4 nitrogen and oxygen atoms in total. The molecule has 134 valence electrons. The highest BCUT2D eigenvalue weighted by molar-refractivity contribution is 6.30. The molecule has 0 radical (unpaired) electrons. The van der Waals surface area contributed by atoms with E-state index < -0.39 is 0 Å². The molecule has 0 aliphatic carbocycles. The molecule has 0 saturated heterocycles. The Labute approximate surface area is 158 Å². The summed E-state index contributed by atoms with van der Waals surface area (Å²) >= 11 is 5.91. The van der Waals surface area contributed by atoms with Crippen LogP contribution >= 0.6 is 11.6 Å². The van der Waals surface area contributed by atoms with E-state index in [4.69, 9.17) is 21.1 Å². The molecule has 2 N–H and O–H groups in total. The molecule has 2 aromatic carbocycles. The first-order valence-corrected chi connectivity index (χ1v) is 8.87. The molecule has 0 aliphatic heterocycles. The topological polar surface area (TPSA) is 48.0 Å². The molecule has 26 heavy (non-hydrogen) atoms. The molecule has 0 aliphatic rings. The second-order valence-corrected chi connectivity index (χ2v) is 6.39. The predicted octanol–water partition coefficient (Wildman–Crippen LogP) is 3.59. The van der Waals surface area contributed by atoms with Gasteiger partial charge < -0.3 is 14.8 Å². The van der Waals surface area contributed by atoms with Crippen molar-refractivity contribution in [3.05, 3.63) is 88.7 Å². The second kappa shape index (κ2) is 9.22. The summed E-state index contributed by atoms with van der Waals surface area (Å²) in [6.45, 7) is 2.23. The van der Waals surface area contributed by atoms with Crippen LogP contribution in [0.1, 0.15) is 16.7 Å². The lowest BCUT2D eigenvalue weighted by molar-refractivity contribution is -0.686. The number of ether oxygens (including phenoxy) is 2. The van der Waals surface area contributed by atoms with Crippen LogP contribution in [0.2, 0.25) is 5.02 Å². The van der Waals surface area contributed by atoms with Gasteiger partial charge in [-0.1, -0.05) is 29.8 Å². The van der Waals surface area contributed by atoms with Gasteiger partial charge in [0.1, 0.15) is 19.7 Å². The zero-order valence-corrected chi connectivity index (χ0v) is 15.4. The number of halogens is 1. The third kappa shape index (κ3) is 5.22. The van der Waals surface area contributed by atoms with Crippen molar-refractivity contribution >= 4 is 11.6 Å². The summed E-state index contributed by atoms with van der Waals surface area (Å²) in [5.41, 5.74) is 3.46. The molecule has 0 fully saturated rings. The molecule has 0 unspecified atom stereocenters. The standard InChI is InChI=1S/C21H21ClN2O2/c1-25-21-11-17(12-24-14-18-3-2-10-23-13-18)6-9-20(21)26-15-16-4-7-19(22)8-5-16/h2-11,13,24H,12,14-15H2,1H3/p+1. The van der Waals surface area contributed by atoms with E-state index in [9.17, 15) is 0 Å². The lowest BCUT2D eigenvalue weighted by Gasteiger charge is -2.12.